The first-order valence-electron chi connectivity index (χ1n) is 4.86. The normalized spacial score (nSPS) is 12.6. The van der Waals surface area contributed by atoms with Crippen LogP contribution in [0.3, 0.4) is 0 Å². The third-order valence-corrected chi connectivity index (χ3v) is 2.16. The molecule has 16 heavy (non-hydrogen) atoms. The van der Waals surface area contributed by atoms with E-state index in [1.807, 2.05) is 18.2 Å². The average molecular weight is 220 g/mol. The average Bonchev–Trinajstić information content (AvgIpc) is 2.72. The zero-order valence-electron chi connectivity index (χ0n) is 8.51. The number of fused-ring (bicyclic) bond motifs is 1. The fourth-order valence-electron chi connectivity index (χ4n) is 1.38. The van der Waals surface area contributed by atoms with Gasteiger partial charge in [-0.3, -0.25) is 4.79 Å². The van der Waals surface area contributed by atoms with Crippen molar-refractivity contribution in [3.63, 3.8) is 0 Å². The summed E-state index contributed by atoms with van der Waals surface area (Å²) in [5.41, 5.74) is 6.03. The second-order valence-electron chi connectivity index (χ2n) is 3.41. The van der Waals surface area contributed by atoms with Crippen molar-refractivity contribution < 1.29 is 14.3 Å². The van der Waals surface area contributed by atoms with Crippen molar-refractivity contribution in [2.45, 2.75) is 6.17 Å². The van der Waals surface area contributed by atoms with E-state index >= 15 is 0 Å². The molecule has 0 aliphatic carbocycles. The molecule has 4 N–H and O–H groups in total. The Morgan fingerprint density at radius 1 is 1.50 bits per heavy atom. The maximum atomic E-state index is 11.6. The summed E-state index contributed by atoms with van der Waals surface area (Å²) in [6.45, 7) is -0.314. The molecule has 0 saturated heterocycles. The summed E-state index contributed by atoms with van der Waals surface area (Å²) in [5.74, 6) is -0.247. The molecule has 1 atom stereocenters. The Labute approximate surface area is 91.8 Å². The Kier molecular flexibility index (Phi) is 2.89. The van der Waals surface area contributed by atoms with E-state index in [0.717, 1.165) is 5.39 Å². The molecule has 1 aromatic heterocycles. The van der Waals surface area contributed by atoms with Crippen LogP contribution in [0.5, 0.6) is 0 Å². The molecule has 0 bridgehead atoms. The van der Waals surface area contributed by atoms with Gasteiger partial charge in [-0.25, -0.2) is 0 Å². The standard InChI is InChI=1S/C11H12N2O3/c12-10(6-14)13-11(15)9-5-7-3-1-2-4-8(7)16-9/h1-5,10,14H,6,12H2,(H,13,15). The molecule has 2 rings (SSSR count). The van der Waals surface area contributed by atoms with Crippen LogP contribution in [-0.4, -0.2) is 23.8 Å². The van der Waals surface area contributed by atoms with Crippen LogP contribution >= 0.6 is 0 Å². The number of rotatable bonds is 3. The Balaban J connectivity index is 2.23. The topological polar surface area (TPSA) is 88.5 Å². The van der Waals surface area contributed by atoms with Gasteiger partial charge in [0.15, 0.2) is 5.76 Å². The van der Waals surface area contributed by atoms with Crippen molar-refractivity contribution in [1.29, 1.82) is 0 Å². The van der Waals surface area contributed by atoms with E-state index in [1.165, 1.54) is 0 Å². The van der Waals surface area contributed by atoms with Gasteiger partial charge in [0.25, 0.3) is 5.91 Å². The second-order valence-corrected chi connectivity index (χ2v) is 3.41. The first-order valence-corrected chi connectivity index (χ1v) is 4.86. The van der Waals surface area contributed by atoms with Crippen LogP contribution in [0, 0.1) is 0 Å². The number of hydrogen-bond donors (Lipinski definition) is 3. The van der Waals surface area contributed by atoms with Crippen LogP contribution in [0.25, 0.3) is 11.0 Å². The van der Waals surface area contributed by atoms with Gasteiger partial charge in [-0.05, 0) is 12.1 Å². The first kappa shape index (κ1) is 10.7. The molecular weight excluding hydrogens is 208 g/mol. The fourth-order valence-corrected chi connectivity index (χ4v) is 1.38. The Hall–Kier alpha value is -1.85. The molecule has 0 radical (unpaired) electrons. The summed E-state index contributed by atoms with van der Waals surface area (Å²) in [6.07, 6.45) is -0.777. The monoisotopic (exact) mass is 220 g/mol. The highest BCUT2D eigenvalue weighted by molar-refractivity contribution is 5.96. The molecular formula is C11H12N2O3. The number of nitrogens with one attached hydrogen (secondary N) is 1. The van der Waals surface area contributed by atoms with E-state index in [-0.39, 0.29) is 12.4 Å². The van der Waals surface area contributed by atoms with Crippen LogP contribution in [0.15, 0.2) is 34.7 Å². The highest BCUT2D eigenvalue weighted by atomic mass is 16.3. The predicted octanol–water partition coefficient (Wildman–Crippen LogP) is 0.440. The number of aliphatic hydroxyl groups is 1. The fraction of sp³-hybridized carbons (Fsp3) is 0.182. The minimum absolute atomic E-state index is 0.185. The molecule has 1 heterocycles. The zero-order chi connectivity index (χ0) is 11.5. The van der Waals surface area contributed by atoms with Crippen molar-refractivity contribution >= 4 is 16.9 Å². The van der Waals surface area contributed by atoms with Crippen molar-refractivity contribution in [2.75, 3.05) is 6.61 Å². The van der Waals surface area contributed by atoms with Crippen LogP contribution in [0.4, 0.5) is 0 Å². The van der Waals surface area contributed by atoms with E-state index in [0.29, 0.717) is 5.58 Å². The van der Waals surface area contributed by atoms with Gasteiger partial charge in [0.2, 0.25) is 0 Å². The molecule has 5 nitrogen and oxygen atoms in total. The number of hydrogen-bond acceptors (Lipinski definition) is 4. The van der Waals surface area contributed by atoms with E-state index in [4.69, 9.17) is 15.3 Å². The molecule has 2 aromatic rings. The van der Waals surface area contributed by atoms with E-state index < -0.39 is 12.1 Å². The Morgan fingerprint density at radius 3 is 2.94 bits per heavy atom. The van der Waals surface area contributed by atoms with Crippen molar-refractivity contribution in [1.82, 2.24) is 5.32 Å². The molecule has 0 aliphatic rings. The van der Waals surface area contributed by atoms with Crippen LogP contribution in [0.2, 0.25) is 0 Å². The SMILES string of the molecule is NC(CO)NC(=O)c1cc2ccccc2o1. The highest BCUT2D eigenvalue weighted by Crippen LogP contribution is 2.18. The summed E-state index contributed by atoms with van der Waals surface area (Å²) in [4.78, 5) is 11.6. The van der Waals surface area contributed by atoms with Gasteiger partial charge in [0.05, 0.1) is 6.61 Å². The molecule has 1 unspecified atom stereocenters. The van der Waals surface area contributed by atoms with Crippen molar-refractivity contribution in [3.8, 4) is 0 Å². The first-order chi connectivity index (χ1) is 7.70. The van der Waals surface area contributed by atoms with Gasteiger partial charge >= 0.3 is 0 Å². The summed E-state index contributed by atoms with van der Waals surface area (Å²) in [6, 6.07) is 8.94. The number of carbonyl (C=O) groups excluding carboxylic acids is 1. The number of furan rings is 1. The molecule has 84 valence electrons. The number of carbonyl (C=O) groups is 1. The molecule has 0 saturated carbocycles. The third kappa shape index (κ3) is 2.05. The Morgan fingerprint density at radius 2 is 2.25 bits per heavy atom. The van der Waals surface area contributed by atoms with Gasteiger partial charge in [-0.2, -0.15) is 0 Å². The minimum Gasteiger partial charge on any atom is -0.451 e. The van der Waals surface area contributed by atoms with E-state index in [9.17, 15) is 4.79 Å². The largest absolute Gasteiger partial charge is 0.451 e. The molecule has 5 heteroatoms. The number of aliphatic hydroxyl groups excluding tert-OH is 1. The maximum Gasteiger partial charge on any atom is 0.288 e. The lowest BCUT2D eigenvalue weighted by Crippen LogP contribution is -2.43. The lowest BCUT2D eigenvalue weighted by Gasteiger charge is -2.08. The quantitative estimate of drug-likeness (QED) is 0.655. The minimum atomic E-state index is -0.777. The maximum absolute atomic E-state index is 11.6. The van der Waals surface area contributed by atoms with Crippen LogP contribution in [0.1, 0.15) is 10.6 Å². The van der Waals surface area contributed by atoms with Crippen molar-refractivity contribution in [3.05, 3.63) is 36.1 Å². The van der Waals surface area contributed by atoms with Gasteiger partial charge < -0.3 is 20.6 Å². The number of amides is 1. The van der Waals surface area contributed by atoms with E-state index in [1.54, 1.807) is 12.1 Å². The number of benzene rings is 1. The van der Waals surface area contributed by atoms with Crippen LogP contribution < -0.4 is 11.1 Å². The third-order valence-electron chi connectivity index (χ3n) is 2.16. The number of para-hydroxylation sites is 1. The summed E-state index contributed by atoms with van der Waals surface area (Å²) >= 11 is 0. The van der Waals surface area contributed by atoms with Crippen molar-refractivity contribution in [2.24, 2.45) is 5.73 Å². The summed E-state index contributed by atoms with van der Waals surface area (Å²) in [5, 5.41) is 12.0. The molecule has 0 aliphatic heterocycles. The zero-order valence-corrected chi connectivity index (χ0v) is 8.51. The van der Waals surface area contributed by atoms with Gasteiger partial charge in [-0.15, -0.1) is 0 Å². The predicted molar refractivity (Wildman–Crippen MR) is 58.7 cm³/mol. The molecule has 0 spiro atoms. The van der Waals surface area contributed by atoms with Crippen LogP contribution in [-0.2, 0) is 0 Å². The summed E-state index contributed by atoms with van der Waals surface area (Å²) < 4.78 is 5.33. The van der Waals surface area contributed by atoms with Gasteiger partial charge in [-0.1, -0.05) is 18.2 Å². The molecule has 0 fully saturated rings. The smallest absolute Gasteiger partial charge is 0.288 e. The molecule has 1 amide bonds. The lowest BCUT2D eigenvalue weighted by molar-refractivity contribution is 0.0893. The Bertz CT molecular complexity index is 474. The van der Waals surface area contributed by atoms with Gasteiger partial charge in [0.1, 0.15) is 11.7 Å². The van der Waals surface area contributed by atoms with E-state index in [2.05, 4.69) is 5.32 Å². The number of nitrogens with two attached hydrogens (primary N) is 1. The molecule has 1 aromatic carbocycles. The summed E-state index contributed by atoms with van der Waals surface area (Å²) in [7, 11) is 0. The lowest BCUT2D eigenvalue weighted by atomic mass is 10.2. The highest BCUT2D eigenvalue weighted by Gasteiger charge is 2.13. The second kappa shape index (κ2) is 4.34. The van der Waals surface area contributed by atoms with Gasteiger partial charge in [0, 0.05) is 5.39 Å².